The second-order valence-corrected chi connectivity index (χ2v) is 4.90. The van der Waals surface area contributed by atoms with E-state index in [2.05, 4.69) is 4.98 Å². The molecule has 0 aliphatic rings. The van der Waals surface area contributed by atoms with Crippen LogP contribution >= 0.6 is 11.6 Å². The molecular weight excluding hydrogens is 272 g/mol. The molecule has 0 radical (unpaired) electrons. The lowest BCUT2D eigenvalue weighted by Gasteiger charge is -2.10. The van der Waals surface area contributed by atoms with E-state index >= 15 is 0 Å². The number of halogens is 1. The number of hydrogen-bond donors (Lipinski definition) is 1. The summed E-state index contributed by atoms with van der Waals surface area (Å²) in [5.41, 5.74) is 8.39. The Morgan fingerprint density at radius 3 is 2.65 bits per heavy atom. The lowest BCUT2D eigenvalue weighted by atomic mass is 10.2. The highest BCUT2D eigenvalue weighted by molar-refractivity contribution is 6.30. The quantitative estimate of drug-likeness (QED) is 0.738. The number of benzene rings is 2. The van der Waals surface area contributed by atoms with Crippen LogP contribution in [0.2, 0.25) is 5.02 Å². The van der Waals surface area contributed by atoms with E-state index in [0.717, 1.165) is 27.2 Å². The number of hydrogen-bond acceptors (Lipinski definition) is 3. The Morgan fingerprint density at radius 2 is 1.85 bits per heavy atom. The van der Waals surface area contributed by atoms with Gasteiger partial charge in [-0.15, -0.1) is 0 Å². The van der Waals surface area contributed by atoms with Gasteiger partial charge in [0.2, 0.25) is 0 Å². The molecule has 0 amide bonds. The molecule has 0 bridgehead atoms. The van der Waals surface area contributed by atoms with Gasteiger partial charge in [-0.3, -0.25) is 4.98 Å². The molecule has 20 heavy (non-hydrogen) atoms. The molecule has 4 heteroatoms. The molecule has 2 aromatic carbocycles. The zero-order valence-electron chi connectivity index (χ0n) is 10.7. The van der Waals surface area contributed by atoms with Crippen LogP contribution in [0.5, 0.6) is 5.75 Å². The van der Waals surface area contributed by atoms with Gasteiger partial charge < -0.3 is 10.5 Å². The van der Waals surface area contributed by atoms with Crippen molar-refractivity contribution in [2.75, 3.05) is 5.73 Å². The molecule has 1 aromatic heterocycles. The monoisotopic (exact) mass is 284 g/mol. The minimum Gasteiger partial charge on any atom is -0.488 e. The van der Waals surface area contributed by atoms with Gasteiger partial charge in [-0.1, -0.05) is 29.8 Å². The molecule has 0 saturated carbocycles. The molecule has 0 aliphatic heterocycles. The van der Waals surface area contributed by atoms with Crippen LogP contribution in [0.15, 0.2) is 54.7 Å². The molecule has 0 fully saturated rings. The molecule has 0 unspecified atom stereocenters. The summed E-state index contributed by atoms with van der Waals surface area (Å²) < 4.78 is 5.86. The minimum absolute atomic E-state index is 0.477. The Hall–Kier alpha value is -2.26. The van der Waals surface area contributed by atoms with Crippen molar-refractivity contribution in [3.05, 3.63) is 65.3 Å². The first-order valence-electron chi connectivity index (χ1n) is 6.24. The van der Waals surface area contributed by atoms with Crippen LogP contribution in [0.4, 0.5) is 5.69 Å². The number of ether oxygens (including phenoxy) is 1. The van der Waals surface area contributed by atoms with Crippen LogP contribution in [0.3, 0.4) is 0 Å². The van der Waals surface area contributed by atoms with Crippen LogP contribution in [-0.4, -0.2) is 4.98 Å². The van der Waals surface area contributed by atoms with Crippen molar-refractivity contribution in [2.45, 2.75) is 6.61 Å². The third-order valence-corrected chi connectivity index (χ3v) is 3.32. The maximum atomic E-state index is 5.92. The predicted molar refractivity (Wildman–Crippen MR) is 81.9 cm³/mol. The van der Waals surface area contributed by atoms with Gasteiger partial charge >= 0.3 is 0 Å². The fourth-order valence-corrected chi connectivity index (χ4v) is 2.17. The Kier molecular flexibility index (Phi) is 3.44. The number of nitrogen functional groups attached to an aromatic ring is 1. The van der Waals surface area contributed by atoms with E-state index in [0.29, 0.717) is 12.3 Å². The van der Waals surface area contributed by atoms with Crippen LogP contribution in [0.1, 0.15) is 5.56 Å². The maximum absolute atomic E-state index is 5.92. The molecule has 1 heterocycles. The molecular formula is C16H13ClN2O. The van der Waals surface area contributed by atoms with Crippen molar-refractivity contribution in [3.8, 4) is 5.75 Å². The van der Waals surface area contributed by atoms with Crippen molar-refractivity contribution < 1.29 is 4.74 Å². The van der Waals surface area contributed by atoms with Crippen LogP contribution in [-0.2, 0) is 6.61 Å². The van der Waals surface area contributed by atoms with Crippen molar-refractivity contribution in [2.24, 2.45) is 0 Å². The van der Waals surface area contributed by atoms with E-state index in [4.69, 9.17) is 22.1 Å². The summed E-state index contributed by atoms with van der Waals surface area (Å²) >= 11 is 5.86. The summed E-state index contributed by atoms with van der Waals surface area (Å²) in [7, 11) is 0. The van der Waals surface area contributed by atoms with E-state index in [9.17, 15) is 0 Å². The summed E-state index contributed by atoms with van der Waals surface area (Å²) in [6.07, 6.45) is 1.70. The average molecular weight is 285 g/mol. The van der Waals surface area contributed by atoms with Crippen molar-refractivity contribution in [1.29, 1.82) is 0 Å². The Morgan fingerprint density at radius 1 is 1.05 bits per heavy atom. The maximum Gasteiger partial charge on any atom is 0.130 e. The number of anilines is 1. The van der Waals surface area contributed by atoms with Gasteiger partial charge in [0.05, 0.1) is 11.2 Å². The number of rotatable bonds is 3. The number of nitrogens with zero attached hydrogens (tertiary/aromatic N) is 1. The summed E-state index contributed by atoms with van der Waals surface area (Å²) in [5.74, 6) is 0.775. The van der Waals surface area contributed by atoms with Gasteiger partial charge in [-0.05, 0) is 35.9 Å². The third kappa shape index (κ3) is 2.53. The Labute approximate surface area is 122 Å². The van der Waals surface area contributed by atoms with Crippen molar-refractivity contribution in [3.63, 3.8) is 0 Å². The molecule has 3 nitrogen and oxygen atoms in total. The second-order valence-electron chi connectivity index (χ2n) is 4.47. The third-order valence-electron chi connectivity index (χ3n) is 3.07. The van der Waals surface area contributed by atoms with Gasteiger partial charge in [-0.25, -0.2) is 0 Å². The predicted octanol–water partition coefficient (Wildman–Crippen LogP) is 4.05. The highest BCUT2D eigenvalue weighted by Gasteiger charge is 2.05. The van der Waals surface area contributed by atoms with Gasteiger partial charge in [0.1, 0.15) is 12.4 Å². The first-order chi connectivity index (χ1) is 9.74. The summed E-state index contributed by atoms with van der Waals surface area (Å²) in [4.78, 5) is 4.29. The number of fused-ring (bicyclic) bond motifs is 1. The molecule has 0 spiro atoms. The fraction of sp³-hybridized carbons (Fsp3) is 0.0625. The van der Waals surface area contributed by atoms with Gasteiger partial charge in [-0.2, -0.15) is 0 Å². The average Bonchev–Trinajstić information content (AvgIpc) is 2.47. The van der Waals surface area contributed by atoms with E-state index < -0.39 is 0 Å². The minimum atomic E-state index is 0.477. The highest BCUT2D eigenvalue weighted by Crippen LogP contribution is 2.27. The lowest BCUT2D eigenvalue weighted by Crippen LogP contribution is -1.97. The molecule has 0 atom stereocenters. The zero-order chi connectivity index (χ0) is 13.9. The van der Waals surface area contributed by atoms with E-state index in [1.165, 1.54) is 0 Å². The highest BCUT2D eigenvalue weighted by atomic mass is 35.5. The number of aromatic nitrogens is 1. The molecule has 3 aromatic rings. The Bertz CT molecular complexity index is 741. The van der Waals surface area contributed by atoms with Crippen LogP contribution < -0.4 is 10.5 Å². The molecule has 0 aliphatic carbocycles. The standard InChI is InChI=1S/C16H13ClN2O/c17-12-6-4-11(5-7-12)10-20-15-8-9-19-16-13(15)2-1-3-14(16)18/h1-9H,10,18H2. The molecule has 0 saturated heterocycles. The normalized spacial score (nSPS) is 10.7. The summed E-state index contributed by atoms with van der Waals surface area (Å²) in [6, 6.07) is 15.1. The van der Waals surface area contributed by atoms with Crippen molar-refractivity contribution >= 4 is 28.2 Å². The first kappa shape index (κ1) is 12.8. The van der Waals surface area contributed by atoms with Gasteiger partial charge in [0, 0.05) is 16.6 Å². The second kappa shape index (κ2) is 5.39. The molecule has 100 valence electrons. The van der Waals surface area contributed by atoms with Crippen LogP contribution in [0, 0.1) is 0 Å². The zero-order valence-corrected chi connectivity index (χ0v) is 11.5. The number of para-hydroxylation sites is 1. The topological polar surface area (TPSA) is 48.1 Å². The summed E-state index contributed by atoms with van der Waals surface area (Å²) in [6.45, 7) is 0.477. The first-order valence-corrected chi connectivity index (χ1v) is 6.62. The van der Waals surface area contributed by atoms with Gasteiger partial charge in [0.15, 0.2) is 0 Å². The molecule has 3 rings (SSSR count). The fourth-order valence-electron chi connectivity index (χ4n) is 2.04. The summed E-state index contributed by atoms with van der Waals surface area (Å²) in [5, 5.41) is 1.64. The van der Waals surface area contributed by atoms with Gasteiger partial charge in [0.25, 0.3) is 0 Å². The molecule has 2 N–H and O–H groups in total. The SMILES string of the molecule is Nc1cccc2c(OCc3ccc(Cl)cc3)ccnc12. The van der Waals surface area contributed by atoms with Crippen LogP contribution in [0.25, 0.3) is 10.9 Å². The number of pyridine rings is 1. The van der Waals surface area contributed by atoms with E-state index in [-0.39, 0.29) is 0 Å². The Balaban J connectivity index is 1.88. The smallest absolute Gasteiger partial charge is 0.130 e. The van der Waals surface area contributed by atoms with E-state index in [1.54, 1.807) is 6.20 Å². The van der Waals surface area contributed by atoms with E-state index in [1.807, 2.05) is 48.5 Å². The number of nitrogens with two attached hydrogens (primary N) is 1. The largest absolute Gasteiger partial charge is 0.488 e. The lowest BCUT2D eigenvalue weighted by molar-refractivity contribution is 0.310. The van der Waals surface area contributed by atoms with Crippen molar-refractivity contribution in [1.82, 2.24) is 4.98 Å².